The van der Waals surface area contributed by atoms with Crippen LogP contribution in [-0.4, -0.2) is 4.98 Å². The van der Waals surface area contributed by atoms with Gasteiger partial charge >= 0.3 is 0 Å². The minimum Gasteiger partial charge on any atom is -0.241 e. The summed E-state index contributed by atoms with van der Waals surface area (Å²) < 4.78 is 0. The van der Waals surface area contributed by atoms with E-state index in [0.29, 0.717) is 0 Å². The normalized spacial score (nSPS) is 12.2. The largest absolute Gasteiger partial charge is 0.241 e. The van der Waals surface area contributed by atoms with Crippen molar-refractivity contribution in [2.24, 2.45) is 0 Å². The van der Waals surface area contributed by atoms with Crippen molar-refractivity contribution in [2.75, 3.05) is 0 Å². The van der Waals surface area contributed by atoms with Crippen molar-refractivity contribution in [1.82, 2.24) is 4.98 Å². The summed E-state index contributed by atoms with van der Waals surface area (Å²) in [6, 6.07) is 6.38. The third-order valence-corrected chi connectivity index (χ3v) is 2.91. The topological polar surface area (TPSA) is 12.9 Å². The van der Waals surface area contributed by atoms with Crippen molar-refractivity contribution < 1.29 is 0 Å². The van der Waals surface area contributed by atoms with Gasteiger partial charge in [-0.15, -0.1) is 11.3 Å². The van der Waals surface area contributed by atoms with Gasteiger partial charge in [-0.3, -0.25) is 0 Å². The first-order valence-corrected chi connectivity index (χ1v) is 5.30. The first kappa shape index (κ1) is 8.70. The summed E-state index contributed by atoms with van der Waals surface area (Å²) in [7, 11) is 0. The van der Waals surface area contributed by atoms with Crippen molar-refractivity contribution in [1.29, 1.82) is 0 Å². The van der Waals surface area contributed by atoms with Crippen LogP contribution in [0.4, 0.5) is 0 Å². The Morgan fingerprint density at radius 2 is 1.92 bits per heavy atom. The quantitative estimate of drug-likeness (QED) is 0.620. The summed E-state index contributed by atoms with van der Waals surface area (Å²) in [5, 5.41) is 3.34. The number of hydrogen-bond donors (Lipinski definition) is 0. The number of thiophene rings is 1. The monoisotopic (exact) mass is 191 g/mol. The first-order chi connectivity index (χ1) is 6.07. The molecule has 2 heterocycles. The Balaban J connectivity index is 2.61. The Kier molecular flexibility index (Phi) is 1.88. The fourth-order valence-corrected chi connectivity index (χ4v) is 2.03. The first-order valence-electron chi connectivity index (χ1n) is 4.42. The number of fused-ring (bicyclic) bond motifs is 1. The van der Waals surface area contributed by atoms with Crippen LogP contribution in [-0.2, 0) is 5.41 Å². The van der Waals surface area contributed by atoms with Gasteiger partial charge in [0.15, 0.2) is 0 Å². The summed E-state index contributed by atoms with van der Waals surface area (Å²) >= 11 is 1.71. The van der Waals surface area contributed by atoms with Gasteiger partial charge in [-0.25, -0.2) is 4.98 Å². The number of rotatable bonds is 0. The van der Waals surface area contributed by atoms with Crippen LogP contribution in [0.5, 0.6) is 0 Å². The maximum Gasteiger partial charge on any atom is 0.123 e. The van der Waals surface area contributed by atoms with E-state index in [-0.39, 0.29) is 5.41 Å². The van der Waals surface area contributed by atoms with Gasteiger partial charge < -0.3 is 0 Å². The van der Waals surface area contributed by atoms with Gasteiger partial charge in [-0.05, 0) is 17.5 Å². The Morgan fingerprint density at radius 3 is 2.62 bits per heavy atom. The molecule has 0 amide bonds. The SMILES string of the molecule is CC(C)(C)c1ccc2ccsc2n1. The lowest BCUT2D eigenvalue weighted by molar-refractivity contribution is 0.572. The van der Waals surface area contributed by atoms with Crippen molar-refractivity contribution in [3.63, 3.8) is 0 Å². The van der Waals surface area contributed by atoms with E-state index in [4.69, 9.17) is 0 Å². The zero-order chi connectivity index (χ0) is 9.47. The molecule has 0 aromatic carbocycles. The molecule has 2 rings (SSSR count). The summed E-state index contributed by atoms with van der Waals surface area (Å²) in [4.78, 5) is 5.77. The van der Waals surface area contributed by atoms with Crippen molar-refractivity contribution in [3.8, 4) is 0 Å². The lowest BCUT2D eigenvalue weighted by Gasteiger charge is -2.17. The van der Waals surface area contributed by atoms with Crippen LogP contribution in [0.2, 0.25) is 0 Å². The Morgan fingerprint density at radius 1 is 1.15 bits per heavy atom. The van der Waals surface area contributed by atoms with Gasteiger partial charge in [0.1, 0.15) is 4.83 Å². The summed E-state index contributed by atoms with van der Waals surface area (Å²) in [6.45, 7) is 6.57. The van der Waals surface area contributed by atoms with E-state index in [9.17, 15) is 0 Å². The summed E-state index contributed by atoms with van der Waals surface area (Å²) in [5.41, 5.74) is 1.32. The predicted molar refractivity (Wildman–Crippen MR) is 58.3 cm³/mol. The second-order valence-corrected chi connectivity index (χ2v) is 5.16. The van der Waals surface area contributed by atoms with E-state index in [2.05, 4.69) is 49.3 Å². The van der Waals surface area contributed by atoms with E-state index in [1.54, 1.807) is 11.3 Å². The van der Waals surface area contributed by atoms with Gasteiger partial charge in [0.2, 0.25) is 0 Å². The molecule has 0 aliphatic heterocycles. The van der Waals surface area contributed by atoms with Crippen LogP contribution in [0.1, 0.15) is 26.5 Å². The van der Waals surface area contributed by atoms with Gasteiger partial charge in [-0.1, -0.05) is 26.8 Å². The molecule has 0 unspecified atom stereocenters. The third-order valence-electron chi connectivity index (χ3n) is 2.09. The van der Waals surface area contributed by atoms with E-state index >= 15 is 0 Å². The average Bonchev–Trinajstić information content (AvgIpc) is 2.47. The average molecular weight is 191 g/mol. The minimum atomic E-state index is 0.151. The lowest BCUT2D eigenvalue weighted by Crippen LogP contribution is -2.12. The molecule has 68 valence electrons. The molecule has 0 saturated carbocycles. The molecule has 0 bridgehead atoms. The highest BCUT2D eigenvalue weighted by atomic mass is 32.1. The Bertz CT molecular complexity index is 423. The van der Waals surface area contributed by atoms with E-state index in [0.717, 1.165) is 4.83 Å². The smallest absolute Gasteiger partial charge is 0.123 e. The van der Waals surface area contributed by atoms with Crippen molar-refractivity contribution in [3.05, 3.63) is 29.3 Å². The van der Waals surface area contributed by atoms with Crippen molar-refractivity contribution in [2.45, 2.75) is 26.2 Å². The molecule has 0 aliphatic rings. The maximum absolute atomic E-state index is 4.62. The molecule has 2 aromatic heterocycles. The molecular weight excluding hydrogens is 178 g/mol. The zero-order valence-corrected chi connectivity index (χ0v) is 8.98. The third kappa shape index (κ3) is 1.59. The van der Waals surface area contributed by atoms with E-state index in [1.807, 2.05) is 0 Å². The Hall–Kier alpha value is -0.890. The predicted octanol–water partition coefficient (Wildman–Crippen LogP) is 3.59. The van der Waals surface area contributed by atoms with Gasteiger partial charge in [0, 0.05) is 16.5 Å². The van der Waals surface area contributed by atoms with E-state index in [1.165, 1.54) is 11.1 Å². The van der Waals surface area contributed by atoms with Gasteiger partial charge in [0.05, 0.1) is 0 Å². The molecular formula is C11H13NS. The second kappa shape index (κ2) is 2.81. The summed E-state index contributed by atoms with van der Waals surface area (Å²) in [6.07, 6.45) is 0. The highest BCUT2D eigenvalue weighted by Gasteiger charge is 2.15. The molecule has 0 radical (unpaired) electrons. The molecule has 0 N–H and O–H groups in total. The highest BCUT2D eigenvalue weighted by molar-refractivity contribution is 7.16. The molecule has 0 fully saturated rings. The molecule has 0 spiro atoms. The lowest BCUT2D eigenvalue weighted by atomic mass is 9.92. The van der Waals surface area contributed by atoms with Crippen LogP contribution in [0, 0.1) is 0 Å². The molecule has 2 heteroatoms. The molecule has 1 nitrogen and oxygen atoms in total. The molecule has 0 aliphatic carbocycles. The fourth-order valence-electron chi connectivity index (χ4n) is 1.26. The number of aromatic nitrogens is 1. The zero-order valence-electron chi connectivity index (χ0n) is 8.16. The molecule has 0 atom stereocenters. The number of nitrogens with zero attached hydrogens (tertiary/aromatic N) is 1. The number of pyridine rings is 1. The van der Waals surface area contributed by atoms with Crippen LogP contribution in [0.15, 0.2) is 23.6 Å². The maximum atomic E-state index is 4.62. The summed E-state index contributed by atoms with van der Waals surface area (Å²) in [5.74, 6) is 0. The fraction of sp³-hybridized carbons (Fsp3) is 0.364. The minimum absolute atomic E-state index is 0.151. The molecule has 2 aromatic rings. The standard InChI is InChI=1S/C11H13NS/c1-11(2,3)9-5-4-8-6-7-13-10(8)12-9/h4-7H,1-3H3. The van der Waals surface area contributed by atoms with Crippen molar-refractivity contribution >= 4 is 21.6 Å². The highest BCUT2D eigenvalue weighted by Crippen LogP contribution is 2.25. The van der Waals surface area contributed by atoms with Crippen LogP contribution in [0.25, 0.3) is 10.2 Å². The number of hydrogen-bond acceptors (Lipinski definition) is 2. The second-order valence-electron chi connectivity index (χ2n) is 4.26. The Labute approximate surface area is 82.4 Å². The van der Waals surface area contributed by atoms with Crippen LogP contribution in [0.3, 0.4) is 0 Å². The van der Waals surface area contributed by atoms with E-state index < -0.39 is 0 Å². The van der Waals surface area contributed by atoms with Gasteiger partial charge in [0.25, 0.3) is 0 Å². The van der Waals surface area contributed by atoms with Crippen LogP contribution < -0.4 is 0 Å². The molecule has 13 heavy (non-hydrogen) atoms. The van der Waals surface area contributed by atoms with Gasteiger partial charge in [-0.2, -0.15) is 0 Å². The van der Waals surface area contributed by atoms with Crippen LogP contribution >= 0.6 is 11.3 Å². The molecule has 0 saturated heterocycles.